The third-order valence-corrected chi connectivity index (χ3v) is 22.4. The first-order chi connectivity index (χ1) is 64.6. The number of aromatic amines is 2. The van der Waals surface area contributed by atoms with Gasteiger partial charge >= 0.3 is 17.9 Å². The van der Waals surface area contributed by atoms with E-state index < -0.39 is 348 Å². The maximum Gasteiger partial charge on any atom is 0.305 e. The Balaban J connectivity index is 1.41. The van der Waals surface area contributed by atoms with E-state index in [1.807, 2.05) is 6.26 Å². The Morgan fingerprint density at radius 3 is 1.85 bits per heavy atom. The van der Waals surface area contributed by atoms with E-state index in [0.717, 1.165) is 6.92 Å². The number of fused-ring (bicyclic) bond motifs is 2. The second-order valence-corrected chi connectivity index (χ2v) is 33.9. The standard InChI is InChI=1S/C82H123FN26O27S/c1-8-38(4)65(107-76(131)55(35-110)105-68(123)39(5)96-69(124)45(84)21-23-137-7)80(135)102-51(24-41-28-90-46-13-10-9-12-44(41)46)75(130)106-64(37(2)3)78(133)93-33-60(115)99-52(26-43-29-88-36-95-43)74(129)100-47(14-11-22-89-82(86)87)70(125)92-31-58(113)97-48-15-18-57(112)91-30-54(67(85)122)104-72(127)49(16-19-61(116)117)98-59(114)32-94-79(134)66(40(6)111)108-73(128)50(17-20-62(118)119)101-77(132)56-25-42(83)34-109(56)81(136)53(27-63(120)121)103-71(48)126/h9-10,12-13,28-29,36-40,42,45,47-56,64-66,90,110-111H,8,11,14-27,30-35,84H2,1-7H3,(H2,85,122)(H,88,95)(H,91,112)(H,92,125)(H,93,133)(H,94,134)(H,96,124)(H,97,113)(H,98,114)(H,99,115)(H,100,129)(H,101,132)(H,102,135)(H,103,126)(H,104,127)(H,105,123)(H,106,130)(H,107,131)(H,108,128)(H,116,117)(H,118,119)(H,120,121)(H4,86,87,89)/t38-,39-,40+,42-,45-,47-,48-,49-,50-,51-,52-,53-,54-,55-,56-,64-,65-,66-/m0/s1. The van der Waals surface area contributed by atoms with E-state index in [4.69, 9.17) is 22.6 Å². The Bertz CT molecular complexity index is 4810. The maximum atomic E-state index is 15.6. The van der Waals surface area contributed by atoms with Crippen molar-refractivity contribution in [1.29, 1.82) is 5.41 Å². The van der Waals surface area contributed by atoms with E-state index in [1.165, 1.54) is 45.1 Å². The SMILES string of the molecule is CC[C@H](C)[C@H](NC(=O)[C@H](CO)NC(=O)[C@H](C)NC(=O)[C@@H](N)CCSC)C(=O)N[C@@H](Cc1c[nH]c2ccccc12)C(=O)N[C@H](C(=O)NCC(=O)N[C@@H](Cc1c[nH]cn1)C(=O)N[C@@H](CCCNC(=N)N)C(=O)NCC(=O)N[C@H]1CCC(=O)NC[C@@H](C(N)=O)NC(=O)[C@H](CCC(=O)O)NC(=O)CNC(=O)[C@H]([C@@H](C)O)NC(=O)[C@H](CCC(=O)O)NC(=O)[C@@H]2C[C@H](F)CN2C(=O)[C@H](CC(=O)O)NC1=O)C(C)C. The number of halogens is 1. The van der Waals surface area contributed by atoms with Crippen molar-refractivity contribution in [3.05, 3.63) is 54.2 Å². The summed E-state index contributed by atoms with van der Waals surface area (Å²) in [6.07, 6.45) is -5.78. The number of hydrogen-bond acceptors (Lipinski definition) is 28. The number of H-pyrrole nitrogens is 2. The summed E-state index contributed by atoms with van der Waals surface area (Å²) in [6, 6.07) is -18.9. The molecule has 0 unspecified atom stereocenters. The zero-order valence-corrected chi connectivity index (χ0v) is 77.0. The normalized spacial score (nSPS) is 20.5. The number of nitrogens with two attached hydrogens (primary N) is 3. The lowest BCUT2D eigenvalue weighted by Gasteiger charge is -2.30. The van der Waals surface area contributed by atoms with Crippen LogP contribution in [0.5, 0.6) is 0 Å². The number of primary amides is 1. The number of carbonyl (C=O) groups excluding carboxylic acids is 19. The smallest absolute Gasteiger partial charge is 0.305 e. The number of carbonyl (C=O) groups is 22. The Hall–Kier alpha value is -14.3. The maximum absolute atomic E-state index is 15.6. The van der Waals surface area contributed by atoms with E-state index in [0.29, 0.717) is 33.5 Å². The Morgan fingerprint density at radius 2 is 1.23 bits per heavy atom. The van der Waals surface area contributed by atoms with Crippen molar-refractivity contribution in [2.24, 2.45) is 29.0 Å². The van der Waals surface area contributed by atoms with Crippen LogP contribution in [-0.2, 0) is 118 Å². The lowest BCUT2D eigenvalue weighted by atomic mass is 9.96. The first-order valence-electron chi connectivity index (χ1n) is 43.7. The van der Waals surface area contributed by atoms with Gasteiger partial charge in [-0.15, -0.1) is 0 Å². The zero-order chi connectivity index (χ0) is 102. The second kappa shape index (κ2) is 56.2. The molecule has 756 valence electrons. The third-order valence-electron chi connectivity index (χ3n) is 21.8. The Kier molecular flexibility index (Phi) is 46.4. The first kappa shape index (κ1) is 113. The first-order valence-corrected chi connectivity index (χ1v) is 45.1. The number of aromatic nitrogens is 3. The van der Waals surface area contributed by atoms with Gasteiger partial charge in [0.1, 0.15) is 90.8 Å². The summed E-state index contributed by atoms with van der Waals surface area (Å²) in [4.78, 5) is 312. The van der Waals surface area contributed by atoms with Gasteiger partial charge in [-0.2, -0.15) is 11.8 Å². The molecule has 0 bridgehead atoms. The van der Waals surface area contributed by atoms with Crippen molar-refractivity contribution < 1.29 is 135 Å². The van der Waals surface area contributed by atoms with Crippen LogP contribution >= 0.6 is 11.8 Å². The van der Waals surface area contributed by atoms with E-state index >= 15 is 4.39 Å². The molecule has 3 aromatic rings. The molecule has 2 aliphatic rings. The van der Waals surface area contributed by atoms with Crippen LogP contribution in [0.3, 0.4) is 0 Å². The molecule has 0 spiro atoms. The highest BCUT2D eigenvalue weighted by Gasteiger charge is 2.46. The number of para-hydroxylation sites is 1. The van der Waals surface area contributed by atoms with Gasteiger partial charge in [0.15, 0.2) is 5.96 Å². The monoisotopic (exact) mass is 1950 g/mol. The number of guanidine groups is 1. The average molecular weight is 1960 g/mol. The minimum atomic E-state index is -2.32. The summed E-state index contributed by atoms with van der Waals surface area (Å²) in [5, 5.41) is 101. The minimum Gasteiger partial charge on any atom is -0.481 e. The number of nitrogens with zero attached hydrogens (tertiary/aromatic N) is 2. The zero-order valence-electron chi connectivity index (χ0n) is 76.2. The number of amides is 19. The van der Waals surface area contributed by atoms with Crippen molar-refractivity contribution >= 4 is 159 Å². The van der Waals surface area contributed by atoms with Crippen molar-refractivity contribution in [3.63, 3.8) is 0 Å². The van der Waals surface area contributed by atoms with Crippen LogP contribution in [0.1, 0.15) is 130 Å². The van der Waals surface area contributed by atoms with Crippen molar-refractivity contribution in [1.82, 2.24) is 116 Å². The summed E-state index contributed by atoms with van der Waals surface area (Å²) in [7, 11) is 0. The summed E-state index contributed by atoms with van der Waals surface area (Å²) >= 11 is 1.46. The summed E-state index contributed by atoms with van der Waals surface area (Å²) in [6.45, 7) is 2.57. The number of hydrogen-bond donors (Lipinski definition) is 29. The number of imidazole rings is 1. The molecular weight excluding hydrogens is 1830 g/mol. The largest absolute Gasteiger partial charge is 0.481 e. The quantitative estimate of drug-likeness (QED) is 0.0142. The fourth-order valence-electron chi connectivity index (χ4n) is 13.9. The minimum absolute atomic E-state index is 0.0921. The van der Waals surface area contributed by atoms with Crippen molar-refractivity contribution in [3.8, 4) is 0 Å². The van der Waals surface area contributed by atoms with Gasteiger partial charge in [0, 0.05) is 74.9 Å². The predicted octanol–water partition coefficient (Wildman–Crippen LogP) is -10.7. The highest BCUT2D eigenvalue weighted by Crippen LogP contribution is 2.25. The molecule has 18 atom stereocenters. The number of rotatable bonds is 45. The molecular formula is C82H123FN26O27S. The average Bonchev–Trinajstić information content (AvgIpc) is 1.67. The highest BCUT2D eigenvalue weighted by molar-refractivity contribution is 7.98. The molecule has 2 saturated heterocycles. The molecule has 137 heavy (non-hydrogen) atoms. The molecule has 2 fully saturated rings. The van der Waals surface area contributed by atoms with Crippen LogP contribution in [-0.4, -0.2) is 342 Å². The number of thioether (sulfide) groups is 1. The molecule has 4 heterocycles. The van der Waals surface area contributed by atoms with Crippen molar-refractivity contribution in [2.45, 2.75) is 234 Å². The Morgan fingerprint density at radius 1 is 0.628 bits per heavy atom. The van der Waals surface area contributed by atoms with E-state index in [1.54, 1.807) is 44.3 Å². The number of alkyl halides is 1. The van der Waals surface area contributed by atoms with Crippen molar-refractivity contribution in [2.75, 3.05) is 57.9 Å². The topological polar surface area (TPSA) is 843 Å². The molecule has 2 aliphatic heterocycles. The number of carboxylic acids is 3. The van der Waals surface area contributed by atoms with Crippen LogP contribution < -0.4 is 113 Å². The second-order valence-electron chi connectivity index (χ2n) is 32.9. The van der Waals surface area contributed by atoms with Gasteiger partial charge in [0.2, 0.25) is 112 Å². The van der Waals surface area contributed by atoms with Crippen LogP contribution in [0.4, 0.5) is 4.39 Å². The summed E-state index contributed by atoms with van der Waals surface area (Å²) < 4.78 is 15.6. The van der Waals surface area contributed by atoms with Gasteiger partial charge in [-0.05, 0) is 87.8 Å². The van der Waals surface area contributed by atoms with Gasteiger partial charge in [0.05, 0.1) is 63.4 Å². The Labute approximate surface area is 787 Å². The number of benzene rings is 1. The lowest BCUT2D eigenvalue weighted by molar-refractivity contribution is -0.146. The van der Waals surface area contributed by atoms with Gasteiger partial charge in [-0.3, -0.25) is 111 Å². The number of aliphatic carboxylic acids is 3. The molecule has 55 heteroatoms. The van der Waals surface area contributed by atoms with Gasteiger partial charge < -0.3 is 153 Å². The predicted molar refractivity (Wildman–Crippen MR) is 480 cm³/mol. The molecule has 32 N–H and O–H groups in total. The molecule has 0 radical (unpaired) electrons. The van der Waals surface area contributed by atoms with Gasteiger partial charge in [-0.1, -0.05) is 52.3 Å². The molecule has 2 aromatic heterocycles. The van der Waals surface area contributed by atoms with E-state index in [-0.39, 0.29) is 37.9 Å². The molecule has 0 saturated carbocycles. The van der Waals surface area contributed by atoms with Crippen LogP contribution in [0.15, 0.2) is 43.0 Å². The van der Waals surface area contributed by atoms with Crippen LogP contribution in [0, 0.1) is 17.2 Å². The fraction of sp³-hybridized carbons (Fsp3) is 0.585. The van der Waals surface area contributed by atoms with E-state index in [2.05, 4.69) is 111 Å². The fourth-order valence-corrected chi connectivity index (χ4v) is 14.4. The highest BCUT2D eigenvalue weighted by atomic mass is 32.2. The molecule has 53 nitrogen and oxygen atoms in total. The van der Waals surface area contributed by atoms with Gasteiger partial charge in [-0.25, -0.2) is 9.37 Å². The molecule has 1 aromatic carbocycles. The lowest BCUT2D eigenvalue weighted by Crippen LogP contribution is -2.61. The molecule has 5 rings (SSSR count). The number of nitrogens with one attached hydrogen (secondary N) is 21. The summed E-state index contributed by atoms with van der Waals surface area (Å²) in [5.74, 6) is -28.4. The number of aliphatic hydroxyl groups excluding tert-OH is 2. The number of carboxylic acid groups (broad SMARTS) is 3. The van der Waals surface area contributed by atoms with E-state index in [9.17, 15) is 131 Å². The van der Waals surface area contributed by atoms with Crippen LogP contribution in [0.2, 0.25) is 0 Å². The third kappa shape index (κ3) is 37.9. The molecule has 19 amide bonds. The summed E-state index contributed by atoms with van der Waals surface area (Å²) in [5.41, 5.74) is 18.3. The van der Waals surface area contributed by atoms with Gasteiger partial charge in [0.25, 0.3) is 0 Å². The number of aliphatic hydroxyl groups is 2. The van der Waals surface area contributed by atoms with Crippen LogP contribution in [0.25, 0.3) is 10.9 Å². The molecule has 0 aliphatic carbocycles.